The van der Waals surface area contributed by atoms with Crippen molar-refractivity contribution in [1.29, 1.82) is 0 Å². The minimum absolute atomic E-state index is 0.375. The number of rotatable bonds is 4. The van der Waals surface area contributed by atoms with Gasteiger partial charge >= 0.3 is 0 Å². The summed E-state index contributed by atoms with van der Waals surface area (Å²) in [6.45, 7) is 2.21. The van der Waals surface area contributed by atoms with E-state index in [2.05, 4.69) is 63.5 Å². The van der Waals surface area contributed by atoms with Gasteiger partial charge in [0.25, 0.3) is 0 Å². The van der Waals surface area contributed by atoms with Crippen molar-refractivity contribution in [3.8, 4) is 0 Å². The van der Waals surface area contributed by atoms with Gasteiger partial charge in [-0.25, -0.2) is 0 Å². The van der Waals surface area contributed by atoms with Gasteiger partial charge in [0.1, 0.15) is 0 Å². The van der Waals surface area contributed by atoms with E-state index in [-0.39, 0.29) is 0 Å². The Morgan fingerprint density at radius 2 is 1.95 bits per heavy atom. The predicted octanol–water partition coefficient (Wildman–Crippen LogP) is 4.44. The van der Waals surface area contributed by atoms with E-state index >= 15 is 0 Å². The molecule has 3 heteroatoms. The second kappa shape index (κ2) is 6.06. The predicted molar refractivity (Wildman–Crippen MR) is 85.7 cm³/mol. The SMILES string of the molecule is C[C@H](NC1CC(c2ccc(Br)cc2)C1)c1cccnc1. The fourth-order valence-electron chi connectivity index (χ4n) is 2.84. The van der Waals surface area contributed by atoms with Gasteiger partial charge in [-0.15, -0.1) is 0 Å². The van der Waals surface area contributed by atoms with Crippen molar-refractivity contribution in [1.82, 2.24) is 10.3 Å². The highest BCUT2D eigenvalue weighted by atomic mass is 79.9. The molecule has 1 aliphatic carbocycles. The van der Waals surface area contributed by atoms with Crippen LogP contribution in [0.2, 0.25) is 0 Å². The van der Waals surface area contributed by atoms with Gasteiger partial charge in [-0.1, -0.05) is 34.1 Å². The lowest BCUT2D eigenvalue weighted by atomic mass is 9.75. The number of nitrogens with one attached hydrogen (secondary N) is 1. The highest BCUT2D eigenvalue weighted by molar-refractivity contribution is 9.10. The van der Waals surface area contributed by atoms with Gasteiger partial charge in [-0.3, -0.25) is 4.98 Å². The summed E-state index contributed by atoms with van der Waals surface area (Å²) in [5.74, 6) is 0.710. The van der Waals surface area contributed by atoms with Gasteiger partial charge in [-0.2, -0.15) is 0 Å². The molecule has 1 fully saturated rings. The molecule has 20 heavy (non-hydrogen) atoms. The molecule has 104 valence electrons. The minimum Gasteiger partial charge on any atom is -0.307 e. The molecule has 0 radical (unpaired) electrons. The summed E-state index contributed by atoms with van der Waals surface area (Å²) < 4.78 is 1.15. The Bertz CT molecular complexity index is 547. The smallest absolute Gasteiger partial charge is 0.0315 e. The normalized spacial score (nSPS) is 23.1. The lowest BCUT2D eigenvalue weighted by Gasteiger charge is -2.38. The van der Waals surface area contributed by atoms with E-state index in [1.165, 1.54) is 24.0 Å². The van der Waals surface area contributed by atoms with Crippen LogP contribution >= 0.6 is 15.9 Å². The van der Waals surface area contributed by atoms with E-state index < -0.39 is 0 Å². The molecule has 1 N–H and O–H groups in total. The summed E-state index contributed by atoms with van der Waals surface area (Å²) in [6.07, 6.45) is 6.23. The number of aromatic nitrogens is 1. The maximum absolute atomic E-state index is 4.18. The molecule has 0 aliphatic heterocycles. The highest BCUT2D eigenvalue weighted by Gasteiger charge is 2.30. The van der Waals surface area contributed by atoms with E-state index in [0.717, 1.165) is 4.47 Å². The van der Waals surface area contributed by atoms with Crippen LogP contribution in [0, 0.1) is 0 Å². The van der Waals surface area contributed by atoms with E-state index in [0.29, 0.717) is 18.0 Å². The van der Waals surface area contributed by atoms with E-state index in [1.807, 2.05) is 18.5 Å². The van der Waals surface area contributed by atoms with Crippen molar-refractivity contribution in [3.05, 3.63) is 64.4 Å². The molecule has 1 saturated carbocycles. The lowest BCUT2D eigenvalue weighted by molar-refractivity contribution is 0.271. The third-order valence-electron chi connectivity index (χ3n) is 4.15. The second-order valence-corrected chi connectivity index (χ2v) is 6.51. The van der Waals surface area contributed by atoms with Crippen molar-refractivity contribution in [2.24, 2.45) is 0 Å². The molecule has 1 atom stereocenters. The Balaban J connectivity index is 1.52. The van der Waals surface area contributed by atoms with Crippen LogP contribution in [0.4, 0.5) is 0 Å². The quantitative estimate of drug-likeness (QED) is 0.896. The lowest BCUT2D eigenvalue weighted by Crippen LogP contribution is -2.41. The summed E-state index contributed by atoms with van der Waals surface area (Å²) in [7, 11) is 0. The Morgan fingerprint density at radius 3 is 2.60 bits per heavy atom. The summed E-state index contributed by atoms with van der Waals surface area (Å²) in [6, 6.07) is 13.9. The van der Waals surface area contributed by atoms with Crippen molar-refractivity contribution in [2.45, 2.75) is 37.8 Å². The minimum atomic E-state index is 0.375. The van der Waals surface area contributed by atoms with Crippen molar-refractivity contribution in [2.75, 3.05) is 0 Å². The number of hydrogen-bond acceptors (Lipinski definition) is 2. The number of halogens is 1. The molecule has 0 spiro atoms. The number of hydrogen-bond donors (Lipinski definition) is 1. The van der Waals surface area contributed by atoms with E-state index in [1.54, 1.807) is 0 Å². The standard InChI is InChI=1S/C17H19BrN2/c1-12(14-3-2-8-19-11-14)20-17-9-15(10-17)13-4-6-16(18)7-5-13/h2-8,11-12,15,17,20H,9-10H2,1H3/t12-,15?,17?/m0/s1. The maximum Gasteiger partial charge on any atom is 0.0315 e. The Morgan fingerprint density at radius 1 is 1.20 bits per heavy atom. The third kappa shape index (κ3) is 3.10. The zero-order valence-electron chi connectivity index (χ0n) is 11.6. The first-order valence-corrected chi connectivity index (χ1v) is 7.93. The summed E-state index contributed by atoms with van der Waals surface area (Å²) in [5, 5.41) is 3.69. The van der Waals surface area contributed by atoms with Crippen LogP contribution in [-0.4, -0.2) is 11.0 Å². The third-order valence-corrected chi connectivity index (χ3v) is 4.68. The topological polar surface area (TPSA) is 24.9 Å². The van der Waals surface area contributed by atoms with Gasteiger partial charge in [0.05, 0.1) is 0 Å². The number of benzene rings is 1. The van der Waals surface area contributed by atoms with Crippen LogP contribution in [-0.2, 0) is 0 Å². The molecule has 2 aromatic rings. The maximum atomic E-state index is 4.18. The monoisotopic (exact) mass is 330 g/mol. The fourth-order valence-corrected chi connectivity index (χ4v) is 3.11. The zero-order chi connectivity index (χ0) is 13.9. The Hall–Kier alpha value is -1.19. The van der Waals surface area contributed by atoms with Gasteiger partial charge in [0.15, 0.2) is 0 Å². The van der Waals surface area contributed by atoms with Gasteiger partial charge < -0.3 is 5.32 Å². The van der Waals surface area contributed by atoms with E-state index in [9.17, 15) is 0 Å². The molecular weight excluding hydrogens is 312 g/mol. The van der Waals surface area contributed by atoms with Crippen LogP contribution < -0.4 is 5.32 Å². The molecule has 1 aliphatic rings. The van der Waals surface area contributed by atoms with Gasteiger partial charge in [-0.05, 0) is 55.0 Å². The van der Waals surface area contributed by atoms with E-state index in [4.69, 9.17) is 0 Å². The second-order valence-electron chi connectivity index (χ2n) is 5.59. The average molecular weight is 331 g/mol. The van der Waals surface area contributed by atoms with Crippen molar-refractivity contribution in [3.63, 3.8) is 0 Å². The largest absolute Gasteiger partial charge is 0.307 e. The molecule has 0 saturated heterocycles. The first-order valence-electron chi connectivity index (χ1n) is 7.14. The van der Waals surface area contributed by atoms with Crippen molar-refractivity contribution < 1.29 is 0 Å². The van der Waals surface area contributed by atoms with Gasteiger partial charge in [0.2, 0.25) is 0 Å². The average Bonchev–Trinajstić information content (AvgIpc) is 2.44. The summed E-state index contributed by atoms with van der Waals surface area (Å²) >= 11 is 3.49. The Kier molecular flexibility index (Phi) is 4.18. The molecule has 0 amide bonds. The van der Waals surface area contributed by atoms with Gasteiger partial charge in [0, 0.05) is 29.0 Å². The first-order chi connectivity index (χ1) is 9.72. The molecule has 3 rings (SSSR count). The zero-order valence-corrected chi connectivity index (χ0v) is 13.2. The van der Waals surface area contributed by atoms with Crippen LogP contribution in [0.1, 0.15) is 42.9 Å². The van der Waals surface area contributed by atoms with Crippen LogP contribution in [0.25, 0.3) is 0 Å². The molecule has 2 nitrogen and oxygen atoms in total. The summed E-state index contributed by atoms with van der Waals surface area (Å²) in [5.41, 5.74) is 2.72. The van der Waals surface area contributed by atoms with Crippen LogP contribution in [0.5, 0.6) is 0 Å². The molecule has 1 heterocycles. The Labute approximate surface area is 128 Å². The molecule has 1 aromatic heterocycles. The molecule has 1 aromatic carbocycles. The number of pyridine rings is 1. The highest BCUT2D eigenvalue weighted by Crippen LogP contribution is 2.38. The van der Waals surface area contributed by atoms with Crippen molar-refractivity contribution >= 4 is 15.9 Å². The molecular formula is C17H19BrN2. The number of nitrogens with zero attached hydrogens (tertiary/aromatic N) is 1. The molecule has 0 bridgehead atoms. The van der Waals surface area contributed by atoms with Crippen LogP contribution in [0.3, 0.4) is 0 Å². The first kappa shape index (κ1) is 13.8. The summed E-state index contributed by atoms with van der Waals surface area (Å²) in [4.78, 5) is 4.18. The van der Waals surface area contributed by atoms with Crippen LogP contribution in [0.15, 0.2) is 53.3 Å². The fraction of sp³-hybridized carbons (Fsp3) is 0.353. The molecule has 0 unspecified atom stereocenters.